The molecule has 1 aromatic carbocycles. The molecular weight excluding hydrogens is 318 g/mol. The number of aliphatic carboxylic acids is 1. The third kappa shape index (κ3) is 3.29. The fraction of sp³-hybridized carbons (Fsp3) is 0.333. The second-order valence-corrected chi connectivity index (χ2v) is 5.35. The van der Waals surface area contributed by atoms with E-state index in [2.05, 4.69) is 10.6 Å². The molecule has 128 valence electrons. The second-order valence-electron chi connectivity index (χ2n) is 5.35. The first-order valence-corrected chi connectivity index (χ1v) is 7.05. The number of urea groups is 1. The van der Waals surface area contributed by atoms with Crippen LogP contribution in [-0.4, -0.2) is 54.0 Å². The van der Waals surface area contributed by atoms with Crippen LogP contribution in [0.15, 0.2) is 24.3 Å². The summed E-state index contributed by atoms with van der Waals surface area (Å²) >= 11 is 0. The van der Waals surface area contributed by atoms with Gasteiger partial charge in [0.25, 0.3) is 5.91 Å². The van der Waals surface area contributed by atoms with E-state index in [9.17, 15) is 19.2 Å². The summed E-state index contributed by atoms with van der Waals surface area (Å²) in [6.07, 6.45) is 0. The summed E-state index contributed by atoms with van der Waals surface area (Å²) in [5.41, 5.74) is -0.772. The Morgan fingerprint density at radius 3 is 2.46 bits per heavy atom. The second kappa shape index (κ2) is 6.57. The maximum atomic E-state index is 12.6. The van der Waals surface area contributed by atoms with Crippen molar-refractivity contribution in [1.29, 1.82) is 0 Å². The third-order valence-corrected chi connectivity index (χ3v) is 3.68. The van der Waals surface area contributed by atoms with Crippen LogP contribution in [0.3, 0.4) is 0 Å². The molecule has 1 saturated heterocycles. The summed E-state index contributed by atoms with van der Waals surface area (Å²) < 4.78 is 5.05. The van der Waals surface area contributed by atoms with Crippen molar-refractivity contribution in [3.63, 3.8) is 0 Å². The van der Waals surface area contributed by atoms with Gasteiger partial charge in [0.1, 0.15) is 24.4 Å². The molecule has 1 unspecified atom stereocenters. The number of nitrogens with zero attached hydrogens (tertiary/aromatic N) is 1. The minimum absolute atomic E-state index is 0.537. The molecule has 3 N–H and O–H groups in total. The highest BCUT2D eigenvalue weighted by Crippen LogP contribution is 2.29. The molecule has 1 aromatic rings. The number of carbonyl (C=O) groups is 4. The summed E-state index contributed by atoms with van der Waals surface area (Å²) in [7, 11) is 1.51. The first-order chi connectivity index (χ1) is 11.3. The van der Waals surface area contributed by atoms with Crippen molar-refractivity contribution >= 4 is 23.8 Å². The molecule has 0 aromatic heterocycles. The number of methoxy groups -OCH3 is 1. The number of benzene rings is 1. The summed E-state index contributed by atoms with van der Waals surface area (Å²) in [5, 5.41) is 13.2. The Morgan fingerprint density at radius 1 is 1.29 bits per heavy atom. The number of hydrogen-bond donors (Lipinski definition) is 3. The van der Waals surface area contributed by atoms with Crippen molar-refractivity contribution < 1.29 is 29.0 Å². The van der Waals surface area contributed by atoms with Gasteiger partial charge in [-0.2, -0.15) is 0 Å². The van der Waals surface area contributed by atoms with E-state index in [-0.39, 0.29) is 0 Å². The van der Waals surface area contributed by atoms with E-state index in [1.807, 2.05) is 0 Å². The van der Waals surface area contributed by atoms with Crippen LogP contribution in [0.25, 0.3) is 0 Å². The van der Waals surface area contributed by atoms with Gasteiger partial charge in [-0.15, -0.1) is 0 Å². The summed E-state index contributed by atoms with van der Waals surface area (Å²) in [6.45, 7) is 0.395. The summed E-state index contributed by atoms with van der Waals surface area (Å²) in [5.74, 6) is -1.95. The van der Waals surface area contributed by atoms with Crippen molar-refractivity contribution in [1.82, 2.24) is 15.5 Å². The van der Waals surface area contributed by atoms with E-state index in [0.717, 1.165) is 4.90 Å². The molecular formula is C15H17N3O6. The number of carbonyl (C=O) groups excluding carboxylic acids is 3. The van der Waals surface area contributed by atoms with Crippen LogP contribution in [0.1, 0.15) is 12.5 Å². The van der Waals surface area contributed by atoms with Gasteiger partial charge in [0.05, 0.1) is 7.11 Å². The van der Waals surface area contributed by atoms with Crippen molar-refractivity contribution in [2.45, 2.75) is 12.5 Å². The lowest BCUT2D eigenvalue weighted by Gasteiger charge is -2.22. The Bertz CT molecular complexity index is 687. The lowest BCUT2D eigenvalue weighted by molar-refractivity contribution is -0.138. The first kappa shape index (κ1) is 17.3. The number of carboxylic acids is 1. The van der Waals surface area contributed by atoms with Crippen LogP contribution < -0.4 is 15.4 Å². The van der Waals surface area contributed by atoms with E-state index in [4.69, 9.17) is 9.84 Å². The van der Waals surface area contributed by atoms with Gasteiger partial charge in [-0.1, -0.05) is 12.1 Å². The summed E-state index contributed by atoms with van der Waals surface area (Å²) in [6, 6.07) is 5.88. The smallest absolute Gasteiger partial charge is 0.325 e. The van der Waals surface area contributed by atoms with Crippen LogP contribution in [0.4, 0.5) is 4.79 Å². The fourth-order valence-electron chi connectivity index (χ4n) is 2.33. The lowest BCUT2D eigenvalue weighted by atomic mass is 9.92. The molecule has 0 saturated carbocycles. The zero-order valence-electron chi connectivity index (χ0n) is 13.2. The highest BCUT2D eigenvalue weighted by atomic mass is 16.5. The summed E-state index contributed by atoms with van der Waals surface area (Å²) in [4.78, 5) is 47.5. The average Bonchev–Trinajstić information content (AvgIpc) is 2.77. The molecule has 1 aliphatic heterocycles. The Hall–Kier alpha value is -3.10. The normalized spacial score (nSPS) is 19.8. The Morgan fingerprint density at radius 2 is 1.92 bits per heavy atom. The molecule has 1 atom stereocenters. The zero-order chi connectivity index (χ0) is 17.9. The van der Waals surface area contributed by atoms with Gasteiger partial charge in [0, 0.05) is 0 Å². The average molecular weight is 335 g/mol. The molecule has 0 spiro atoms. The van der Waals surface area contributed by atoms with E-state index < -0.39 is 42.4 Å². The molecule has 24 heavy (non-hydrogen) atoms. The first-order valence-electron chi connectivity index (χ1n) is 7.05. The molecule has 0 radical (unpaired) electrons. The van der Waals surface area contributed by atoms with Crippen LogP contribution in [0.5, 0.6) is 5.75 Å². The molecule has 9 nitrogen and oxygen atoms in total. The van der Waals surface area contributed by atoms with Crippen LogP contribution >= 0.6 is 0 Å². The molecule has 0 aliphatic carbocycles. The molecule has 9 heteroatoms. The SMILES string of the molecule is COc1ccc(C2(C)NC(=O)N(CC(=O)NCC(=O)O)C2=O)cc1. The molecule has 1 fully saturated rings. The minimum atomic E-state index is -1.31. The third-order valence-electron chi connectivity index (χ3n) is 3.68. The van der Waals surface area contributed by atoms with Gasteiger partial charge < -0.3 is 20.5 Å². The number of nitrogens with one attached hydrogen (secondary N) is 2. The van der Waals surface area contributed by atoms with Crippen molar-refractivity contribution in [2.75, 3.05) is 20.2 Å². The highest BCUT2D eigenvalue weighted by molar-refractivity contribution is 6.09. The van der Waals surface area contributed by atoms with Gasteiger partial charge in [-0.3, -0.25) is 19.3 Å². The molecule has 2 rings (SSSR count). The quantitative estimate of drug-likeness (QED) is 0.611. The van der Waals surface area contributed by atoms with Crippen molar-refractivity contribution in [3.05, 3.63) is 29.8 Å². The number of carboxylic acid groups (broad SMARTS) is 1. The predicted octanol–water partition coefficient (Wildman–Crippen LogP) is -0.337. The van der Waals surface area contributed by atoms with Crippen molar-refractivity contribution in [2.24, 2.45) is 0 Å². The lowest BCUT2D eigenvalue weighted by Crippen LogP contribution is -2.44. The largest absolute Gasteiger partial charge is 0.497 e. The van der Waals surface area contributed by atoms with Crippen LogP contribution in [-0.2, 0) is 19.9 Å². The number of ether oxygens (including phenoxy) is 1. The molecule has 4 amide bonds. The fourth-order valence-corrected chi connectivity index (χ4v) is 2.33. The topological polar surface area (TPSA) is 125 Å². The number of hydrogen-bond acceptors (Lipinski definition) is 5. The van der Waals surface area contributed by atoms with E-state index >= 15 is 0 Å². The predicted molar refractivity (Wildman–Crippen MR) is 81.2 cm³/mol. The molecule has 0 bridgehead atoms. The number of imide groups is 1. The highest BCUT2D eigenvalue weighted by Gasteiger charge is 2.49. The maximum Gasteiger partial charge on any atom is 0.325 e. The van der Waals surface area contributed by atoms with Gasteiger partial charge in [-0.25, -0.2) is 4.79 Å². The van der Waals surface area contributed by atoms with Gasteiger partial charge in [0.2, 0.25) is 5.91 Å². The Kier molecular flexibility index (Phi) is 4.72. The molecule has 1 aliphatic rings. The number of rotatable bonds is 6. The maximum absolute atomic E-state index is 12.6. The van der Waals surface area contributed by atoms with E-state index in [0.29, 0.717) is 11.3 Å². The van der Waals surface area contributed by atoms with Crippen LogP contribution in [0.2, 0.25) is 0 Å². The minimum Gasteiger partial charge on any atom is -0.497 e. The Balaban J connectivity index is 2.14. The van der Waals surface area contributed by atoms with Gasteiger partial charge in [0.15, 0.2) is 0 Å². The van der Waals surface area contributed by atoms with Gasteiger partial charge in [-0.05, 0) is 24.6 Å². The van der Waals surface area contributed by atoms with Crippen molar-refractivity contribution in [3.8, 4) is 5.75 Å². The number of amides is 4. The standard InChI is InChI=1S/C15H17N3O6/c1-15(9-3-5-10(24-2)6-4-9)13(22)18(14(23)17-15)8-11(19)16-7-12(20)21/h3-6H,7-8H2,1-2H3,(H,16,19)(H,17,23)(H,20,21). The molecule has 1 heterocycles. The van der Waals surface area contributed by atoms with Gasteiger partial charge >= 0.3 is 12.0 Å². The zero-order valence-corrected chi connectivity index (χ0v) is 13.2. The Labute approximate surface area is 137 Å². The van der Waals surface area contributed by atoms with E-state index in [1.165, 1.54) is 14.0 Å². The van der Waals surface area contributed by atoms with Crippen LogP contribution in [0, 0.1) is 0 Å². The monoisotopic (exact) mass is 335 g/mol. The van der Waals surface area contributed by atoms with E-state index in [1.54, 1.807) is 24.3 Å².